The fraction of sp³-hybridized carbons (Fsp3) is 0.500. The van der Waals surface area contributed by atoms with Gasteiger partial charge in [0.05, 0.1) is 17.5 Å². The number of ether oxygens (including phenoxy) is 1. The number of nitrogens with zero attached hydrogens (tertiary/aromatic N) is 5. The van der Waals surface area contributed by atoms with Gasteiger partial charge in [0.15, 0.2) is 5.82 Å². The van der Waals surface area contributed by atoms with Crippen LogP contribution in [0.5, 0.6) is 11.6 Å². The van der Waals surface area contributed by atoms with Crippen molar-refractivity contribution in [2.75, 3.05) is 39.8 Å². The van der Waals surface area contributed by atoms with Crippen LogP contribution in [0.25, 0.3) is 4.96 Å². The Labute approximate surface area is 169 Å². The molecule has 0 unspecified atom stereocenters. The van der Waals surface area contributed by atoms with Crippen molar-refractivity contribution in [3.05, 3.63) is 40.5 Å². The van der Waals surface area contributed by atoms with E-state index < -0.39 is 0 Å². The largest absolute Gasteiger partial charge is 0.494 e. The minimum Gasteiger partial charge on any atom is -0.494 e. The molecule has 1 aromatic carbocycles. The maximum absolute atomic E-state index is 11.0. The first-order valence-electron chi connectivity index (χ1n) is 9.83. The van der Waals surface area contributed by atoms with Gasteiger partial charge in [0.25, 0.3) is 0 Å². The Balaban J connectivity index is 1.74. The summed E-state index contributed by atoms with van der Waals surface area (Å²) in [6.07, 6.45) is 0.754. The van der Waals surface area contributed by atoms with Gasteiger partial charge >= 0.3 is 0 Å². The topological polar surface area (TPSA) is 66.1 Å². The zero-order chi connectivity index (χ0) is 19.7. The predicted octanol–water partition coefficient (Wildman–Crippen LogP) is 2.79. The zero-order valence-corrected chi connectivity index (χ0v) is 17.4. The second kappa shape index (κ2) is 8.06. The van der Waals surface area contributed by atoms with Crippen molar-refractivity contribution in [2.45, 2.75) is 26.3 Å². The number of likely N-dealkylation sites (N-methyl/N-ethyl adjacent to an activating group) is 1. The van der Waals surface area contributed by atoms with Gasteiger partial charge < -0.3 is 14.7 Å². The molecule has 1 aliphatic rings. The number of aromatic nitrogens is 3. The third-order valence-corrected chi connectivity index (χ3v) is 6.29. The van der Waals surface area contributed by atoms with Gasteiger partial charge in [-0.3, -0.25) is 4.90 Å². The molecular weight excluding hydrogens is 374 g/mol. The van der Waals surface area contributed by atoms with Crippen LogP contribution in [-0.2, 0) is 6.42 Å². The minimum atomic E-state index is -0.0250. The number of benzene rings is 1. The van der Waals surface area contributed by atoms with Crippen molar-refractivity contribution in [2.24, 2.45) is 0 Å². The summed E-state index contributed by atoms with van der Waals surface area (Å²) < 4.78 is 7.18. The smallest absolute Gasteiger partial charge is 0.230 e. The standard InChI is InChI=1S/C20H27N5O2S/c1-4-16-21-20-25(22-16)19(26)18(28-20)17(24-12-10-23(3)11-13-24)14-6-8-15(9-7-14)27-5-2/h6-9,17,26H,4-5,10-13H2,1-3H3/t17-/m0/s1. The summed E-state index contributed by atoms with van der Waals surface area (Å²) in [7, 11) is 2.15. The molecule has 7 nitrogen and oxygen atoms in total. The first kappa shape index (κ1) is 19.2. The zero-order valence-electron chi connectivity index (χ0n) is 16.6. The van der Waals surface area contributed by atoms with Gasteiger partial charge in [0.1, 0.15) is 5.75 Å². The summed E-state index contributed by atoms with van der Waals surface area (Å²) in [4.78, 5) is 11.0. The first-order valence-corrected chi connectivity index (χ1v) is 10.6. The van der Waals surface area contributed by atoms with Gasteiger partial charge in [0.2, 0.25) is 10.8 Å². The fourth-order valence-corrected chi connectivity index (χ4v) is 4.78. The Morgan fingerprint density at radius 2 is 1.86 bits per heavy atom. The number of piperazine rings is 1. The third-order valence-electron chi connectivity index (χ3n) is 5.22. The Morgan fingerprint density at radius 1 is 1.14 bits per heavy atom. The lowest BCUT2D eigenvalue weighted by molar-refractivity contribution is 0.127. The lowest BCUT2D eigenvalue weighted by Gasteiger charge is -2.37. The van der Waals surface area contributed by atoms with E-state index >= 15 is 0 Å². The van der Waals surface area contributed by atoms with E-state index in [2.05, 4.69) is 39.1 Å². The van der Waals surface area contributed by atoms with Gasteiger partial charge in [-0.2, -0.15) is 4.52 Å². The molecule has 0 bridgehead atoms. The van der Waals surface area contributed by atoms with Crippen LogP contribution in [-0.4, -0.2) is 69.3 Å². The van der Waals surface area contributed by atoms with Gasteiger partial charge in [-0.1, -0.05) is 30.4 Å². The van der Waals surface area contributed by atoms with E-state index in [1.165, 1.54) is 11.3 Å². The Bertz CT molecular complexity index is 928. The molecule has 1 aliphatic heterocycles. The molecule has 3 heterocycles. The Hall–Kier alpha value is -2.16. The van der Waals surface area contributed by atoms with Crippen LogP contribution in [0, 0.1) is 0 Å². The molecule has 0 amide bonds. The highest BCUT2D eigenvalue weighted by Gasteiger charge is 2.31. The van der Waals surface area contributed by atoms with E-state index in [1.807, 2.05) is 26.0 Å². The minimum absolute atomic E-state index is 0.0250. The number of aromatic hydroxyl groups is 1. The Morgan fingerprint density at radius 3 is 2.46 bits per heavy atom. The molecule has 3 aromatic rings. The summed E-state index contributed by atoms with van der Waals surface area (Å²) in [5.74, 6) is 1.82. The SMILES string of the molecule is CCOc1ccc([C@@H](c2sc3nc(CC)nn3c2O)N2CCN(C)CC2)cc1. The van der Waals surface area contributed by atoms with E-state index in [0.29, 0.717) is 6.61 Å². The highest BCUT2D eigenvalue weighted by atomic mass is 32.1. The van der Waals surface area contributed by atoms with E-state index in [4.69, 9.17) is 4.74 Å². The lowest BCUT2D eigenvalue weighted by atomic mass is 10.0. The summed E-state index contributed by atoms with van der Waals surface area (Å²) in [5.41, 5.74) is 1.14. The Kier molecular flexibility index (Phi) is 5.52. The third kappa shape index (κ3) is 3.59. The van der Waals surface area contributed by atoms with E-state index in [1.54, 1.807) is 4.52 Å². The number of thiazole rings is 1. The highest BCUT2D eigenvalue weighted by Crippen LogP contribution is 2.40. The summed E-state index contributed by atoms with van der Waals surface area (Å²) in [6, 6.07) is 8.18. The summed E-state index contributed by atoms with van der Waals surface area (Å²) in [6.45, 7) is 8.56. The van der Waals surface area contributed by atoms with Crippen LogP contribution >= 0.6 is 11.3 Å². The molecule has 0 radical (unpaired) electrons. The molecule has 2 aromatic heterocycles. The molecule has 0 spiro atoms. The molecule has 1 N–H and O–H groups in total. The normalized spacial score (nSPS) is 17.2. The van der Waals surface area contributed by atoms with Crippen molar-refractivity contribution in [3.63, 3.8) is 0 Å². The van der Waals surface area contributed by atoms with Crippen molar-refractivity contribution in [1.29, 1.82) is 0 Å². The number of fused-ring (bicyclic) bond motifs is 1. The number of hydrogen-bond acceptors (Lipinski definition) is 7. The summed E-state index contributed by atoms with van der Waals surface area (Å²) in [5, 5.41) is 15.4. The van der Waals surface area contributed by atoms with E-state index in [9.17, 15) is 5.11 Å². The lowest BCUT2D eigenvalue weighted by Crippen LogP contribution is -2.46. The maximum atomic E-state index is 11.0. The van der Waals surface area contributed by atoms with Crippen LogP contribution in [0.15, 0.2) is 24.3 Å². The number of hydrogen-bond donors (Lipinski definition) is 1. The average Bonchev–Trinajstić information content (AvgIpc) is 3.24. The second-order valence-corrected chi connectivity index (χ2v) is 8.12. The van der Waals surface area contributed by atoms with E-state index in [0.717, 1.165) is 59.6 Å². The quantitative estimate of drug-likeness (QED) is 0.685. The van der Waals surface area contributed by atoms with Gasteiger partial charge in [-0.05, 0) is 31.7 Å². The number of aryl methyl sites for hydroxylation is 1. The van der Waals surface area contributed by atoms with Crippen molar-refractivity contribution < 1.29 is 9.84 Å². The maximum Gasteiger partial charge on any atom is 0.230 e. The molecule has 1 saturated heterocycles. The van der Waals surface area contributed by atoms with Gasteiger partial charge in [0, 0.05) is 32.6 Å². The molecule has 0 aliphatic carbocycles. The monoisotopic (exact) mass is 401 g/mol. The molecular formula is C20H27N5O2S. The van der Waals surface area contributed by atoms with Crippen LogP contribution in [0.3, 0.4) is 0 Å². The molecule has 4 rings (SSSR count). The number of rotatable bonds is 6. The first-order chi connectivity index (χ1) is 13.6. The van der Waals surface area contributed by atoms with Crippen molar-refractivity contribution in [3.8, 4) is 11.6 Å². The molecule has 28 heavy (non-hydrogen) atoms. The second-order valence-electron chi connectivity index (χ2n) is 7.11. The van der Waals surface area contributed by atoms with Crippen LogP contribution in [0.2, 0.25) is 0 Å². The molecule has 150 valence electrons. The van der Waals surface area contributed by atoms with Crippen molar-refractivity contribution in [1.82, 2.24) is 24.4 Å². The van der Waals surface area contributed by atoms with Gasteiger partial charge in [-0.15, -0.1) is 5.10 Å². The molecule has 1 fully saturated rings. The molecule has 1 atom stereocenters. The van der Waals surface area contributed by atoms with Crippen LogP contribution in [0.4, 0.5) is 0 Å². The van der Waals surface area contributed by atoms with E-state index in [-0.39, 0.29) is 11.9 Å². The fourth-order valence-electron chi connectivity index (χ4n) is 3.64. The van der Waals surface area contributed by atoms with Crippen LogP contribution < -0.4 is 4.74 Å². The average molecular weight is 402 g/mol. The highest BCUT2D eigenvalue weighted by molar-refractivity contribution is 7.17. The summed E-state index contributed by atoms with van der Waals surface area (Å²) >= 11 is 1.52. The van der Waals surface area contributed by atoms with Gasteiger partial charge in [-0.25, -0.2) is 4.98 Å². The predicted molar refractivity (Wildman–Crippen MR) is 110 cm³/mol. The van der Waals surface area contributed by atoms with Crippen molar-refractivity contribution >= 4 is 16.3 Å². The molecule has 8 heteroatoms. The molecule has 0 saturated carbocycles. The van der Waals surface area contributed by atoms with Crippen LogP contribution in [0.1, 0.15) is 36.2 Å².